The molecular formula is C13H15NO6S. The highest BCUT2D eigenvalue weighted by atomic mass is 32.1. The van der Waals surface area contributed by atoms with Crippen LogP contribution in [0.1, 0.15) is 28.8 Å². The van der Waals surface area contributed by atoms with Gasteiger partial charge in [0.2, 0.25) is 0 Å². The Hall–Kier alpha value is -2.09. The van der Waals surface area contributed by atoms with E-state index in [1.54, 1.807) is 0 Å². The third-order valence-electron chi connectivity index (χ3n) is 3.05. The molecule has 1 aromatic rings. The normalized spacial score (nSPS) is 11.9. The molecule has 0 aliphatic rings. The highest BCUT2D eigenvalue weighted by Crippen LogP contribution is 2.25. The lowest BCUT2D eigenvalue weighted by molar-refractivity contribution is -0.385. The number of carbonyl (C=O) groups is 2. The fourth-order valence-electron chi connectivity index (χ4n) is 1.98. The number of benzene rings is 1. The van der Waals surface area contributed by atoms with Gasteiger partial charge in [-0.1, -0.05) is 0 Å². The zero-order chi connectivity index (χ0) is 16.0. The minimum absolute atomic E-state index is 0.0828. The molecule has 0 saturated carbocycles. The molecule has 0 amide bonds. The number of aromatic carboxylic acids is 1. The molecule has 1 atom stereocenters. The van der Waals surface area contributed by atoms with Crippen LogP contribution in [0.4, 0.5) is 5.69 Å². The highest BCUT2D eigenvalue weighted by molar-refractivity contribution is 7.80. The summed E-state index contributed by atoms with van der Waals surface area (Å²) in [5.41, 5.74) is -0.252. The van der Waals surface area contributed by atoms with E-state index in [0.29, 0.717) is 18.6 Å². The van der Waals surface area contributed by atoms with Gasteiger partial charge in [0, 0.05) is 11.6 Å². The summed E-state index contributed by atoms with van der Waals surface area (Å²) in [5, 5.41) is 29.1. The van der Waals surface area contributed by atoms with E-state index in [1.807, 2.05) is 0 Å². The average molecular weight is 313 g/mol. The lowest BCUT2D eigenvalue weighted by Gasteiger charge is -2.12. The van der Waals surface area contributed by atoms with Crippen molar-refractivity contribution < 1.29 is 24.7 Å². The van der Waals surface area contributed by atoms with Crippen LogP contribution in [0.15, 0.2) is 18.2 Å². The average Bonchev–Trinajstić information content (AvgIpc) is 2.42. The van der Waals surface area contributed by atoms with Gasteiger partial charge in [-0.15, -0.1) is 0 Å². The smallest absolute Gasteiger partial charge is 0.335 e. The van der Waals surface area contributed by atoms with Crippen LogP contribution >= 0.6 is 12.6 Å². The van der Waals surface area contributed by atoms with Crippen molar-refractivity contribution in [3.8, 4) is 0 Å². The SMILES string of the molecule is O=C(O)c1ccc([N+](=O)[O-])c(CC(CCCS)C(=O)O)c1. The molecule has 7 nitrogen and oxygen atoms in total. The molecule has 0 fully saturated rings. The summed E-state index contributed by atoms with van der Waals surface area (Å²) >= 11 is 4.01. The number of hydrogen-bond donors (Lipinski definition) is 3. The molecule has 0 heterocycles. The Labute approximate surface area is 126 Å². The molecule has 1 unspecified atom stereocenters. The van der Waals surface area contributed by atoms with Crippen molar-refractivity contribution in [3.63, 3.8) is 0 Å². The Kier molecular flexibility index (Phi) is 6.16. The van der Waals surface area contributed by atoms with Crippen LogP contribution < -0.4 is 0 Å². The van der Waals surface area contributed by atoms with E-state index in [2.05, 4.69) is 12.6 Å². The van der Waals surface area contributed by atoms with Gasteiger partial charge in [-0.05, 0) is 37.1 Å². The predicted molar refractivity (Wildman–Crippen MR) is 78.0 cm³/mol. The third kappa shape index (κ3) is 4.75. The Morgan fingerprint density at radius 2 is 2.00 bits per heavy atom. The second-order valence-corrected chi connectivity index (χ2v) is 4.96. The first-order chi connectivity index (χ1) is 9.86. The molecule has 2 N–H and O–H groups in total. The lowest BCUT2D eigenvalue weighted by atomic mass is 9.93. The van der Waals surface area contributed by atoms with Crippen molar-refractivity contribution in [2.75, 3.05) is 5.75 Å². The van der Waals surface area contributed by atoms with Crippen molar-refractivity contribution in [1.29, 1.82) is 0 Å². The Bertz CT molecular complexity index is 560. The molecule has 0 spiro atoms. The Balaban J connectivity index is 3.12. The van der Waals surface area contributed by atoms with E-state index in [1.165, 1.54) is 0 Å². The van der Waals surface area contributed by atoms with Gasteiger partial charge >= 0.3 is 11.9 Å². The van der Waals surface area contributed by atoms with Crippen molar-refractivity contribution >= 4 is 30.3 Å². The van der Waals surface area contributed by atoms with E-state index in [4.69, 9.17) is 10.2 Å². The molecule has 0 aliphatic carbocycles. The maximum absolute atomic E-state index is 11.2. The van der Waals surface area contributed by atoms with Gasteiger partial charge in [-0.3, -0.25) is 14.9 Å². The summed E-state index contributed by atoms with van der Waals surface area (Å²) in [6.07, 6.45) is 0.806. The largest absolute Gasteiger partial charge is 0.481 e. The molecule has 1 aromatic carbocycles. The number of nitro groups is 1. The molecule has 0 radical (unpaired) electrons. The topological polar surface area (TPSA) is 118 Å². The van der Waals surface area contributed by atoms with E-state index in [9.17, 15) is 19.7 Å². The molecule has 8 heteroatoms. The fourth-order valence-corrected chi connectivity index (χ4v) is 2.16. The zero-order valence-electron chi connectivity index (χ0n) is 11.1. The number of thiol groups is 1. The van der Waals surface area contributed by atoms with Gasteiger partial charge < -0.3 is 10.2 Å². The standard InChI is InChI=1S/C13H15NO6S/c15-12(16)8(2-1-5-21)6-10-7-9(13(17)18)3-4-11(10)14(19)20/h3-4,7-8,21H,1-2,5-6H2,(H,15,16)(H,17,18). The van der Waals surface area contributed by atoms with Gasteiger partial charge in [0.1, 0.15) is 0 Å². The van der Waals surface area contributed by atoms with E-state index in [-0.39, 0.29) is 23.2 Å². The van der Waals surface area contributed by atoms with Crippen LogP contribution in [0.5, 0.6) is 0 Å². The molecule has 0 bridgehead atoms. The van der Waals surface area contributed by atoms with E-state index in [0.717, 1.165) is 18.2 Å². The summed E-state index contributed by atoms with van der Waals surface area (Å²) in [7, 11) is 0. The first kappa shape index (κ1) is 17.0. The Morgan fingerprint density at radius 3 is 2.48 bits per heavy atom. The number of aliphatic carboxylic acids is 1. The van der Waals surface area contributed by atoms with Crippen molar-refractivity contribution in [2.45, 2.75) is 19.3 Å². The van der Waals surface area contributed by atoms with Gasteiger partial charge in [-0.25, -0.2) is 4.79 Å². The first-order valence-electron chi connectivity index (χ1n) is 6.21. The highest BCUT2D eigenvalue weighted by Gasteiger charge is 2.23. The predicted octanol–water partition coefficient (Wildman–Crippen LogP) is 2.25. The summed E-state index contributed by atoms with van der Waals surface area (Å²) < 4.78 is 0. The quantitative estimate of drug-likeness (QED) is 0.385. The lowest BCUT2D eigenvalue weighted by Crippen LogP contribution is -2.17. The second-order valence-electron chi connectivity index (χ2n) is 4.51. The van der Waals surface area contributed by atoms with Crippen LogP contribution in [-0.4, -0.2) is 32.8 Å². The third-order valence-corrected chi connectivity index (χ3v) is 3.37. The fraction of sp³-hybridized carbons (Fsp3) is 0.385. The number of carboxylic acids is 2. The van der Waals surface area contributed by atoms with Crippen LogP contribution in [0.2, 0.25) is 0 Å². The molecule has 0 saturated heterocycles. The molecule has 0 aromatic heterocycles. The number of nitro benzene ring substituents is 1. The van der Waals surface area contributed by atoms with Crippen molar-refractivity contribution in [3.05, 3.63) is 39.4 Å². The minimum Gasteiger partial charge on any atom is -0.481 e. The molecule has 1 rings (SSSR count). The summed E-state index contributed by atoms with van der Waals surface area (Å²) in [6.45, 7) is 0. The van der Waals surface area contributed by atoms with Crippen molar-refractivity contribution in [1.82, 2.24) is 0 Å². The number of carboxylic acid groups (broad SMARTS) is 2. The number of hydrogen-bond acceptors (Lipinski definition) is 5. The monoisotopic (exact) mass is 313 g/mol. The van der Waals surface area contributed by atoms with E-state index < -0.39 is 22.8 Å². The molecule has 21 heavy (non-hydrogen) atoms. The summed E-state index contributed by atoms with van der Waals surface area (Å²) in [5.74, 6) is -2.57. The number of rotatable bonds is 8. The maximum atomic E-state index is 11.2. The first-order valence-corrected chi connectivity index (χ1v) is 6.84. The Morgan fingerprint density at radius 1 is 1.33 bits per heavy atom. The summed E-state index contributed by atoms with van der Waals surface area (Å²) in [6, 6.07) is 3.39. The van der Waals surface area contributed by atoms with Crippen LogP contribution in [0, 0.1) is 16.0 Å². The van der Waals surface area contributed by atoms with Gasteiger partial charge in [-0.2, -0.15) is 12.6 Å². The minimum atomic E-state index is -1.21. The van der Waals surface area contributed by atoms with Gasteiger partial charge in [0.25, 0.3) is 5.69 Å². The zero-order valence-corrected chi connectivity index (χ0v) is 12.0. The van der Waals surface area contributed by atoms with E-state index >= 15 is 0 Å². The summed E-state index contributed by atoms with van der Waals surface area (Å²) in [4.78, 5) is 32.5. The van der Waals surface area contributed by atoms with Crippen LogP contribution in [0.3, 0.4) is 0 Å². The second kappa shape index (κ2) is 7.63. The molecule has 0 aliphatic heterocycles. The maximum Gasteiger partial charge on any atom is 0.335 e. The molecular weight excluding hydrogens is 298 g/mol. The van der Waals surface area contributed by atoms with Gasteiger partial charge in [0.05, 0.1) is 16.4 Å². The number of nitrogens with zero attached hydrogens (tertiary/aromatic N) is 1. The van der Waals surface area contributed by atoms with Gasteiger partial charge in [0.15, 0.2) is 0 Å². The van der Waals surface area contributed by atoms with Crippen LogP contribution in [0.25, 0.3) is 0 Å². The van der Waals surface area contributed by atoms with Crippen molar-refractivity contribution in [2.24, 2.45) is 5.92 Å². The van der Waals surface area contributed by atoms with Crippen LogP contribution in [-0.2, 0) is 11.2 Å². The molecule has 114 valence electrons.